The van der Waals surface area contributed by atoms with Gasteiger partial charge in [-0.2, -0.15) is 0 Å². The van der Waals surface area contributed by atoms with Crippen LogP contribution in [0.3, 0.4) is 0 Å². The third kappa shape index (κ3) is 3.98. The van der Waals surface area contributed by atoms with Crippen LogP contribution in [-0.4, -0.2) is 30.2 Å². The lowest BCUT2D eigenvalue weighted by atomic mass is 9.94. The van der Waals surface area contributed by atoms with Crippen molar-refractivity contribution < 1.29 is 19.8 Å². The minimum absolute atomic E-state index is 0.0526. The molecule has 0 aliphatic heterocycles. The molecular formula is C13H24O4Si. The van der Waals surface area contributed by atoms with Crippen LogP contribution in [0.4, 0.5) is 0 Å². The van der Waals surface area contributed by atoms with Gasteiger partial charge >= 0.3 is 11.9 Å². The van der Waals surface area contributed by atoms with Gasteiger partial charge in [-0.05, 0) is 11.5 Å². The average Bonchev–Trinajstić information content (AvgIpc) is 2.13. The van der Waals surface area contributed by atoms with E-state index in [0.717, 1.165) is 0 Å². The number of rotatable bonds is 6. The lowest BCUT2D eigenvalue weighted by Crippen LogP contribution is -2.33. The fourth-order valence-corrected chi connectivity index (χ4v) is 4.74. The van der Waals surface area contributed by atoms with Crippen molar-refractivity contribution in [2.24, 2.45) is 5.92 Å². The van der Waals surface area contributed by atoms with Crippen molar-refractivity contribution in [2.75, 3.05) is 0 Å². The van der Waals surface area contributed by atoms with Gasteiger partial charge in [-0.15, -0.1) is 0 Å². The molecule has 1 atom stereocenters. The van der Waals surface area contributed by atoms with E-state index in [4.69, 9.17) is 0 Å². The molecule has 0 heterocycles. The molecule has 0 aromatic carbocycles. The van der Waals surface area contributed by atoms with Crippen molar-refractivity contribution in [1.29, 1.82) is 0 Å². The van der Waals surface area contributed by atoms with E-state index in [1.807, 2.05) is 6.92 Å². The van der Waals surface area contributed by atoms with Gasteiger partial charge in [-0.1, -0.05) is 46.8 Å². The summed E-state index contributed by atoms with van der Waals surface area (Å²) in [4.78, 5) is 22.8. The van der Waals surface area contributed by atoms with Gasteiger partial charge in [-0.3, -0.25) is 0 Å². The molecule has 2 N–H and O–H groups in total. The molecule has 0 aliphatic rings. The minimum Gasteiger partial charge on any atom is -0.478 e. The largest absolute Gasteiger partial charge is 0.478 e. The Morgan fingerprint density at radius 1 is 1.00 bits per heavy atom. The van der Waals surface area contributed by atoms with E-state index in [-0.39, 0.29) is 22.6 Å². The summed E-state index contributed by atoms with van der Waals surface area (Å²) in [6.45, 7) is 11.6. The first-order chi connectivity index (χ1) is 8.03. The molecule has 0 aliphatic carbocycles. The number of hydrogen-bond acceptors (Lipinski definition) is 2. The number of carboxylic acids is 2. The SMILES string of the molecule is CCC(C(C(=O)O)=C(C(=O)O)C(C)C)[Si](C)(C)C. The topological polar surface area (TPSA) is 74.6 Å². The third-order valence-corrected chi connectivity index (χ3v) is 5.92. The summed E-state index contributed by atoms with van der Waals surface area (Å²) in [7, 11) is -1.77. The normalized spacial score (nSPS) is 15.3. The predicted molar refractivity (Wildman–Crippen MR) is 74.5 cm³/mol. The van der Waals surface area contributed by atoms with Gasteiger partial charge in [0.1, 0.15) is 0 Å². The third-order valence-electron chi connectivity index (χ3n) is 3.13. The Hall–Kier alpha value is -1.10. The molecule has 0 saturated heterocycles. The summed E-state index contributed by atoms with van der Waals surface area (Å²) in [5, 5.41) is 18.7. The molecular weight excluding hydrogens is 248 g/mol. The van der Waals surface area contributed by atoms with Crippen LogP contribution in [-0.2, 0) is 9.59 Å². The molecule has 0 amide bonds. The number of carbonyl (C=O) groups is 2. The van der Waals surface area contributed by atoms with E-state index in [0.29, 0.717) is 6.42 Å². The molecule has 0 fully saturated rings. The second-order valence-corrected chi connectivity index (χ2v) is 11.3. The highest BCUT2D eigenvalue weighted by Crippen LogP contribution is 2.36. The smallest absolute Gasteiger partial charge is 0.332 e. The Bertz CT molecular complexity index is 364. The Morgan fingerprint density at radius 3 is 1.56 bits per heavy atom. The number of hydrogen-bond donors (Lipinski definition) is 2. The average molecular weight is 272 g/mol. The molecule has 0 aromatic rings. The highest BCUT2D eigenvalue weighted by Gasteiger charge is 2.36. The van der Waals surface area contributed by atoms with Crippen molar-refractivity contribution in [3.63, 3.8) is 0 Å². The zero-order valence-corrected chi connectivity index (χ0v) is 13.1. The second-order valence-electron chi connectivity index (χ2n) is 5.92. The van der Waals surface area contributed by atoms with Gasteiger partial charge in [-0.25, -0.2) is 9.59 Å². The summed E-state index contributed by atoms with van der Waals surface area (Å²) < 4.78 is 0. The molecule has 104 valence electrons. The summed E-state index contributed by atoms with van der Waals surface area (Å²) in [5.41, 5.74) is 0.0273. The molecule has 0 bridgehead atoms. The van der Waals surface area contributed by atoms with Crippen LogP contribution in [0.1, 0.15) is 27.2 Å². The van der Waals surface area contributed by atoms with E-state index in [9.17, 15) is 19.8 Å². The lowest BCUT2D eigenvalue weighted by molar-refractivity contribution is -0.136. The maximum absolute atomic E-state index is 11.5. The van der Waals surface area contributed by atoms with Gasteiger partial charge in [0.05, 0.1) is 8.07 Å². The summed E-state index contributed by atoms with van der Waals surface area (Å²) in [6.07, 6.45) is 0.668. The molecule has 5 heteroatoms. The van der Waals surface area contributed by atoms with Gasteiger partial charge < -0.3 is 10.2 Å². The molecule has 1 unspecified atom stereocenters. The molecule has 0 saturated carbocycles. The molecule has 4 nitrogen and oxygen atoms in total. The number of carboxylic acid groups (broad SMARTS) is 2. The predicted octanol–water partition coefficient (Wildman–Crippen LogP) is 3.23. The first kappa shape index (κ1) is 16.9. The molecule has 0 rings (SSSR count). The zero-order valence-electron chi connectivity index (χ0n) is 12.1. The van der Waals surface area contributed by atoms with E-state index >= 15 is 0 Å². The fourth-order valence-electron chi connectivity index (χ4n) is 2.37. The van der Waals surface area contributed by atoms with E-state index in [1.165, 1.54) is 0 Å². The molecule has 18 heavy (non-hydrogen) atoms. The Kier molecular flexibility index (Phi) is 5.80. The van der Waals surface area contributed by atoms with Gasteiger partial charge in [0, 0.05) is 11.1 Å². The van der Waals surface area contributed by atoms with E-state index < -0.39 is 20.0 Å². The van der Waals surface area contributed by atoms with E-state index in [2.05, 4.69) is 19.6 Å². The highest BCUT2D eigenvalue weighted by atomic mass is 28.3. The lowest BCUT2D eigenvalue weighted by Gasteiger charge is -2.30. The minimum atomic E-state index is -1.77. The second kappa shape index (κ2) is 6.18. The van der Waals surface area contributed by atoms with Crippen molar-refractivity contribution in [3.05, 3.63) is 11.1 Å². The zero-order chi connectivity index (χ0) is 14.7. The highest BCUT2D eigenvalue weighted by molar-refractivity contribution is 6.78. The van der Waals surface area contributed by atoms with Gasteiger partial charge in [0.25, 0.3) is 0 Å². The van der Waals surface area contributed by atoms with Crippen LogP contribution in [0.5, 0.6) is 0 Å². The maximum Gasteiger partial charge on any atom is 0.332 e. The van der Waals surface area contributed by atoms with Crippen LogP contribution in [0.25, 0.3) is 0 Å². The summed E-state index contributed by atoms with van der Waals surface area (Å²) in [5.74, 6) is -2.49. The first-order valence-electron chi connectivity index (χ1n) is 6.24. The van der Waals surface area contributed by atoms with Crippen LogP contribution >= 0.6 is 0 Å². The number of aliphatic carboxylic acids is 2. The Morgan fingerprint density at radius 2 is 1.39 bits per heavy atom. The first-order valence-corrected chi connectivity index (χ1v) is 9.82. The Balaban J connectivity index is 6.03. The maximum atomic E-state index is 11.5. The molecule has 0 aromatic heterocycles. The Labute approximate surface area is 110 Å². The van der Waals surface area contributed by atoms with Crippen LogP contribution in [0.2, 0.25) is 25.2 Å². The monoisotopic (exact) mass is 272 g/mol. The van der Waals surface area contributed by atoms with E-state index in [1.54, 1.807) is 13.8 Å². The van der Waals surface area contributed by atoms with Crippen molar-refractivity contribution in [3.8, 4) is 0 Å². The quantitative estimate of drug-likeness (QED) is 0.575. The summed E-state index contributed by atoms with van der Waals surface area (Å²) >= 11 is 0. The van der Waals surface area contributed by atoms with Crippen molar-refractivity contribution >= 4 is 20.0 Å². The molecule has 0 radical (unpaired) electrons. The standard InChI is InChI=1S/C13H24O4Si/c1-7-9(18(4,5)6)11(13(16)17)10(8(2)3)12(14)15/h8-9H,7H2,1-6H3,(H,14,15)(H,16,17). The van der Waals surface area contributed by atoms with Crippen LogP contribution in [0, 0.1) is 5.92 Å². The van der Waals surface area contributed by atoms with Crippen molar-refractivity contribution in [1.82, 2.24) is 0 Å². The van der Waals surface area contributed by atoms with Gasteiger partial charge in [0.15, 0.2) is 0 Å². The van der Waals surface area contributed by atoms with Crippen LogP contribution in [0.15, 0.2) is 11.1 Å². The summed E-state index contributed by atoms with van der Waals surface area (Å²) in [6, 6.07) is 0. The fraction of sp³-hybridized carbons (Fsp3) is 0.692. The van der Waals surface area contributed by atoms with Gasteiger partial charge in [0.2, 0.25) is 0 Å². The van der Waals surface area contributed by atoms with Crippen molar-refractivity contribution in [2.45, 2.75) is 52.4 Å². The van der Waals surface area contributed by atoms with Crippen LogP contribution < -0.4 is 0 Å². The molecule has 0 spiro atoms.